The molecule has 2 N–H and O–H groups in total. The molecule has 0 amide bonds. The summed E-state index contributed by atoms with van der Waals surface area (Å²) in [4.78, 5) is 17.2. The molecule has 0 bridgehead atoms. The van der Waals surface area contributed by atoms with Crippen molar-refractivity contribution in [1.29, 1.82) is 0 Å². The zero-order chi connectivity index (χ0) is 14.3. The van der Waals surface area contributed by atoms with E-state index in [0.717, 1.165) is 11.0 Å². The molecule has 0 radical (unpaired) electrons. The maximum atomic E-state index is 5.94. The van der Waals surface area contributed by atoms with E-state index >= 15 is 0 Å². The van der Waals surface area contributed by atoms with E-state index in [-0.39, 0.29) is 5.54 Å². The van der Waals surface area contributed by atoms with Crippen LogP contribution in [0.1, 0.15) is 20.8 Å². The first-order valence-corrected chi connectivity index (χ1v) is 6.38. The molecular formula is C14H16N6. The average Bonchev–Trinajstić information content (AvgIpc) is 2.78. The molecule has 3 aromatic heterocycles. The summed E-state index contributed by atoms with van der Waals surface area (Å²) in [7, 11) is 0. The maximum absolute atomic E-state index is 5.94. The normalized spacial score (nSPS) is 11.9. The summed E-state index contributed by atoms with van der Waals surface area (Å²) in [6.45, 7) is 6.35. The molecule has 0 saturated carbocycles. The van der Waals surface area contributed by atoms with Crippen LogP contribution in [0.15, 0.2) is 30.9 Å². The van der Waals surface area contributed by atoms with Crippen molar-refractivity contribution in [2.45, 2.75) is 26.3 Å². The van der Waals surface area contributed by atoms with Crippen LogP contribution in [0.5, 0.6) is 0 Å². The van der Waals surface area contributed by atoms with Crippen molar-refractivity contribution < 1.29 is 0 Å². The van der Waals surface area contributed by atoms with Crippen molar-refractivity contribution in [2.75, 3.05) is 5.73 Å². The van der Waals surface area contributed by atoms with Crippen molar-refractivity contribution in [3.63, 3.8) is 0 Å². The van der Waals surface area contributed by atoms with Crippen LogP contribution >= 0.6 is 0 Å². The number of hydrogen-bond donors (Lipinski definition) is 1. The van der Waals surface area contributed by atoms with E-state index in [2.05, 4.69) is 45.3 Å². The summed E-state index contributed by atoms with van der Waals surface area (Å²) in [6.07, 6.45) is 6.70. The Hall–Kier alpha value is -2.50. The van der Waals surface area contributed by atoms with Gasteiger partial charge >= 0.3 is 0 Å². The van der Waals surface area contributed by atoms with Crippen LogP contribution in [0.3, 0.4) is 0 Å². The van der Waals surface area contributed by atoms with Gasteiger partial charge in [0.15, 0.2) is 11.6 Å². The maximum Gasteiger partial charge on any atom is 0.164 e. The number of nitrogens with two attached hydrogens (primary N) is 1. The van der Waals surface area contributed by atoms with Gasteiger partial charge in [-0.25, -0.2) is 15.0 Å². The van der Waals surface area contributed by atoms with Crippen molar-refractivity contribution >= 4 is 16.9 Å². The number of nitrogen functional groups attached to an aromatic ring is 1. The Balaban J connectivity index is 2.39. The van der Waals surface area contributed by atoms with Gasteiger partial charge in [0.25, 0.3) is 0 Å². The minimum Gasteiger partial charge on any atom is -0.382 e. The van der Waals surface area contributed by atoms with E-state index in [1.54, 1.807) is 24.8 Å². The fourth-order valence-electron chi connectivity index (χ4n) is 2.29. The minimum absolute atomic E-state index is 0.157. The third kappa shape index (κ3) is 1.89. The van der Waals surface area contributed by atoms with Gasteiger partial charge in [-0.3, -0.25) is 4.98 Å². The Morgan fingerprint density at radius 1 is 1.10 bits per heavy atom. The van der Waals surface area contributed by atoms with Crippen LogP contribution in [-0.4, -0.2) is 24.5 Å². The molecule has 0 unspecified atom stereocenters. The second-order valence-corrected chi connectivity index (χ2v) is 5.60. The van der Waals surface area contributed by atoms with Gasteiger partial charge in [-0.1, -0.05) is 0 Å². The third-order valence-corrected chi connectivity index (χ3v) is 3.07. The lowest BCUT2D eigenvalue weighted by atomic mass is 10.1. The highest BCUT2D eigenvalue weighted by atomic mass is 15.2. The van der Waals surface area contributed by atoms with E-state index in [4.69, 9.17) is 5.73 Å². The number of aromatic nitrogens is 5. The number of hydrogen-bond acceptors (Lipinski definition) is 5. The van der Waals surface area contributed by atoms with Crippen LogP contribution in [0.4, 0.5) is 5.82 Å². The minimum atomic E-state index is -0.157. The van der Waals surface area contributed by atoms with Gasteiger partial charge in [0.1, 0.15) is 11.2 Å². The molecule has 0 saturated heterocycles. The highest BCUT2D eigenvalue weighted by molar-refractivity contribution is 5.81. The Labute approximate surface area is 116 Å². The summed E-state index contributed by atoms with van der Waals surface area (Å²) >= 11 is 0. The molecule has 0 spiro atoms. The van der Waals surface area contributed by atoms with Crippen LogP contribution in [0, 0.1) is 0 Å². The highest BCUT2D eigenvalue weighted by Gasteiger charge is 2.24. The first-order chi connectivity index (χ1) is 9.48. The lowest BCUT2D eigenvalue weighted by molar-refractivity contribution is 0.412. The fraction of sp³-hybridized carbons (Fsp3) is 0.286. The van der Waals surface area contributed by atoms with Gasteiger partial charge in [0.05, 0.1) is 11.7 Å². The Bertz CT molecular complexity index is 769. The summed E-state index contributed by atoms with van der Waals surface area (Å²) < 4.78 is 2.12. The zero-order valence-corrected chi connectivity index (χ0v) is 11.7. The molecule has 6 heteroatoms. The topological polar surface area (TPSA) is 82.5 Å². The van der Waals surface area contributed by atoms with E-state index < -0.39 is 0 Å². The first-order valence-electron chi connectivity index (χ1n) is 6.38. The Morgan fingerprint density at radius 3 is 2.55 bits per heavy atom. The van der Waals surface area contributed by atoms with Gasteiger partial charge in [-0.05, 0) is 26.8 Å². The van der Waals surface area contributed by atoms with Crippen molar-refractivity contribution in [2.24, 2.45) is 0 Å². The summed E-state index contributed by atoms with van der Waals surface area (Å²) in [5.74, 6) is 1.09. The standard InChI is InChI=1S/C14H16N6/c1-14(2,3)20-10-4-5-16-8-9(10)19-13(20)11-12(15)18-7-6-17-11/h4-8H,1-3H3,(H2,15,18). The monoisotopic (exact) mass is 268 g/mol. The molecule has 3 rings (SSSR count). The molecule has 0 aliphatic heterocycles. The highest BCUT2D eigenvalue weighted by Crippen LogP contribution is 2.31. The van der Waals surface area contributed by atoms with Crippen molar-refractivity contribution in [3.05, 3.63) is 30.9 Å². The second kappa shape index (κ2) is 4.26. The van der Waals surface area contributed by atoms with Crippen LogP contribution < -0.4 is 5.73 Å². The number of pyridine rings is 1. The third-order valence-electron chi connectivity index (χ3n) is 3.07. The Kier molecular flexibility index (Phi) is 2.67. The van der Waals surface area contributed by atoms with Gasteiger partial charge < -0.3 is 10.3 Å². The van der Waals surface area contributed by atoms with Gasteiger partial charge in [0, 0.05) is 24.1 Å². The number of nitrogens with zero attached hydrogens (tertiary/aromatic N) is 5. The second-order valence-electron chi connectivity index (χ2n) is 5.60. The van der Waals surface area contributed by atoms with Gasteiger partial charge in [0.2, 0.25) is 0 Å². The largest absolute Gasteiger partial charge is 0.382 e. The van der Waals surface area contributed by atoms with Gasteiger partial charge in [-0.2, -0.15) is 0 Å². The van der Waals surface area contributed by atoms with Crippen molar-refractivity contribution in [3.8, 4) is 11.5 Å². The predicted octanol–water partition coefficient (Wildman–Crippen LogP) is 2.23. The number of imidazole rings is 1. The van der Waals surface area contributed by atoms with Crippen LogP contribution in [-0.2, 0) is 5.54 Å². The number of anilines is 1. The Morgan fingerprint density at radius 2 is 1.85 bits per heavy atom. The number of rotatable bonds is 1. The lowest BCUT2D eigenvalue weighted by Gasteiger charge is -2.24. The van der Waals surface area contributed by atoms with E-state index in [0.29, 0.717) is 17.3 Å². The van der Waals surface area contributed by atoms with Crippen LogP contribution in [0.25, 0.3) is 22.6 Å². The smallest absolute Gasteiger partial charge is 0.164 e. The van der Waals surface area contributed by atoms with E-state index in [1.807, 2.05) is 6.07 Å². The molecule has 20 heavy (non-hydrogen) atoms. The van der Waals surface area contributed by atoms with Crippen molar-refractivity contribution in [1.82, 2.24) is 24.5 Å². The molecular weight excluding hydrogens is 252 g/mol. The van der Waals surface area contributed by atoms with E-state index in [9.17, 15) is 0 Å². The van der Waals surface area contributed by atoms with E-state index in [1.165, 1.54) is 0 Å². The molecule has 0 fully saturated rings. The molecule has 102 valence electrons. The summed E-state index contributed by atoms with van der Waals surface area (Å²) in [5, 5.41) is 0. The summed E-state index contributed by atoms with van der Waals surface area (Å²) in [6, 6.07) is 1.95. The molecule has 0 aliphatic rings. The molecule has 0 atom stereocenters. The summed E-state index contributed by atoms with van der Waals surface area (Å²) in [5.41, 5.74) is 8.21. The quantitative estimate of drug-likeness (QED) is 0.731. The molecule has 0 aromatic carbocycles. The zero-order valence-electron chi connectivity index (χ0n) is 11.7. The first kappa shape index (κ1) is 12.5. The van der Waals surface area contributed by atoms with Crippen LogP contribution in [0.2, 0.25) is 0 Å². The number of fused-ring (bicyclic) bond motifs is 1. The lowest BCUT2D eigenvalue weighted by Crippen LogP contribution is -2.23. The fourth-order valence-corrected chi connectivity index (χ4v) is 2.29. The average molecular weight is 268 g/mol. The molecule has 3 heterocycles. The van der Waals surface area contributed by atoms with Gasteiger partial charge in [-0.15, -0.1) is 0 Å². The predicted molar refractivity (Wildman–Crippen MR) is 78.0 cm³/mol. The molecule has 3 aromatic rings. The molecule has 0 aliphatic carbocycles. The molecule has 6 nitrogen and oxygen atoms in total. The SMILES string of the molecule is CC(C)(C)n1c(-c2nccnc2N)nc2cnccc21.